The second-order valence-corrected chi connectivity index (χ2v) is 11.1. The molecule has 3 atom stereocenters. The highest BCUT2D eigenvalue weighted by Crippen LogP contribution is 2.40. The Morgan fingerprint density at radius 2 is 2.12 bits per heavy atom. The van der Waals surface area contributed by atoms with Gasteiger partial charge in [-0.2, -0.15) is 0 Å². The van der Waals surface area contributed by atoms with Crippen molar-refractivity contribution in [1.82, 2.24) is 9.88 Å². The Bertz CT molecular complexity index is 1170. The summed E-state index contributed by atoms with van der Waals surface area (Å²) >= 11 is 0. The molecule has 2 N–H and O–H groups in total. The predicted octanol–water partition coefficient (Wildman–Crippen LogP) is 5.38. The van der Waals surface area contributed by atoms with E-state index in [0.29, 0.717) is 38.9 Å². The molecule has 0 spiro atoms. The molecule has 0 saturated carbocycles. The van der Waals surface area contributed by atoms with Crippen molar-refractivity contribution in [3.63, 3.8) is 0 Å². The van der Waals surface area contributed by atoms with E-state index in [0.717, 1.165) is 30.9 Å². The van der Waals surface area contributed by atoms with E-state index in [1.165, 1.54) is 17.7 Å². The highest BCUT2D eigenvalue weighted by molar-refractivity contribution is 5.76. The SMILES string of the molecule is O=C(O)[C@H](c1cccc(F)c1CO[C@@H]1CCOC1)N1CC[C@@H](C(F)(F)CCCCc2ccc3c(n2)NCCC3)C1. The van der Waals surface area contributed by atoms with Gasteiger partial charge in [0.25, 0.3) is 5.92 Å². The van der Waals surface area contributed by atoms with Crippen LogP contribution in [0.25, 0.3) is 0 Å². The van der Waals surface area contributed by atoms with Crippen LogP contribution in [0.15, 0.2) is 30.3 Å². The first-order chi connectivity index (χ1) is 19.3. The predicted molar refractivity (Wildman–Crippen MR) is 144 cm³/mol. The summed E-state index contributed by atoms with van der Waals surface area (Å²) < 4.78 is 56.4. The van der Waals surface area contributed by atoms with E-state index in [-0.39, 0.29) is 49.8 Å². The van der Waals surface area contributed by atoms with Gasteiger partial charge in [0.1, 0.15) is 17.7 Å². The van der Waals surface area contributed by atoms with Crippen LogP contribution in [-0.4, -0.2) is 65.8 Å². The molecule has 0 aliphatic carbocycles. The van der Waals surface area contributed by atoms with Gasteiger partial charge in [0, 0.05) is 43.3 Å². The lowest BCUT2D eigenvalue weighted by Crippen LogP contribution is -2.36. The lowest BCUT2D eigenvalue weighted by Gasteiger charge is -2.28. The van der Waals surface area contributed by atoms with Crippen LogP contribution in [0, 0.1) is 11.7 Å². The van der Waals surface area contributed by atoms with Gasteiger partial charge in [-0.25, -0.2) is 18.2 Å². The van der Waals surface area contributed by atoms with Crippen LogP contribution < -0.4 is 5.32 Å². The summed E-state index contributed by atoms with van der Waals surface area (Å²) in [7, 11) is 0. The lowest BCUT2D eigenvalue weighted by molar-refractivity contribution is -0.143. The number of aromatic nitrogens is 1. The minimum Gasteiger partial charge on any atom is -0.480 e. The average molecular weight is 562 g/mol. The van der Waals surface area contributed by atoms with Crippen molar-refractivity contribution < 1.29 is 32.5 Å². The number of hydrogen-bond acceptors (Lipinski definition) is 6. The van der Waals surface area contributed by atoms with Crippen molar-refractivity contribution in [1.29, 1.82) is 0 Å². The number of ether oxygens (including phenoxy) is 2. The molecule has 0 amide bonds. The molecule has 7 nitrogen and oxygen atoms in total. The van der Waals surface area contributed by atoms with Gasteiger partial charge >= 0.3 is 5.97 Å². The summed E-state index contributed by atoms with van der Waals surface area (Å²) in [4.78, 5) is 18.6. The van der Waals surface area contributed by atoms with Crippen LogP contribution >= 0.6 is 0 Å². The van der Waals surface area contributed by atoms with Gasteiger partial charge in [-0.15, -0.1) is 0 Å². The van der Waals surface area contributed by atoms with Gasteiger partial charge in [-0.3, -0.25) is 9.69 Å². The van der Waals surface area contributed by atoms with Gasteiger partial charge < -0.3 is 19.9 Å². The number of aliphatic carboxylic acids is 1. The number of rotatable bonds is 12. The van der Waals surface area contributed by atoms with Crippen LogP contribution in [0.1, 0.15) is 67.0 Å². The van der Waals surface area contributed by atoms with Crippen molar-refractivity contribution in [3.05, 3.63) is 58.5 Å². The minimum absolute atomic E-state index is 0.0602. The van der Waals surface area contributed by atoms with Crippen LogP contribution in [0.5, 0.6) is 0 Å². The molecule has 1 aromatic carbocycles. The molecule has 10 heteroatoms. The fraction of sp³-hybridized carbons (Fsp3) is 0.600. The standard InChI is InChI=1S/C30H38F3N3O4/c31-26-8-3-7-24(25(26)19-40-23-12-16-39-18-23)27(29(37)38)36-15-11-21(17-36)30(32,33)13-2-1-6-22-10-9-20-5-4-14-34-28(20)35-22/h3,7-10,21,23,27H,1-2,4-6,11-19H2,(H,34,35)(H,37,38)/t21-,23-,27+/m1/s1. The summed E-state index contributed by atoms with van der Waals surface area (Å²) in [5.41, 5.74) is 2.52. The molecule has 2 fully saturated rings. The highest BCUT2D eigenvalue weighted by atomic mass is 19.3. The molecule has 2 aromatic rings. The zero-order valence-corrected chi connectivity index (χ0v) is 22.7. The number of hydrogen-bond donors (Lipinski definition) is 2. The number of alkyl halides is 2. The lowest BCUT2D eigenvalue weighted by atomic mass is 9.94. The first kappa shape index (κ1) is 28.8. The molecule has 3 aliphatic rings. The number of benzene rings is 1. The van der Waals surface area contributed by atoms with Crippen LogP contribution in [0.2, 0.25) is 0 Å². The number of carboxylic acids is 1. The molecule has 0 bridgehead atoms. The Hall–Kier alpha value is -2.69. The molecule has 40 heavy (non-hydrogen) atoms. The number of nitrogens with one attached hydrogen (secondary N) is 1. The number of carbonyl (C=O) groups is 1. The maximum Gasteiger partial charge on any atom is 0.325 e. The van der Waals surface area contributed by atoms with E-state index in [1.807, 2.05) is 6.07 Å². The Morgan fingerprint density at radius 3 is 2.92 bits per heavy atom. The zero-order chi connectivity index (χ0) is 28.1. The molecule has 5 rings (SSSR count). The van der Waals surface area contributed by atoms with E-state index in [2.05, 4.69) is 16.4 Å². The second kappa shape index (κ2) is 12.9. The van der Waals surface area contributed by atoms with Crippen molar-refractivity contribution in [3.8, 4) is 0 Å². The summed E-state index contributed by atoms with van der Waals surface area (Å²) in [6, 6.07) is 7.11. The summed E-state index contributed by atoms with van der Waals surface area (Å²) in [5, 5.41) is 13.4. The Balaban J connectivity index is 1.17. The summed E-state index contributed by atoms with van der Waals surface area (Å²) in [6.07, 6.45) is 4.14. The number of likely N-dealkylation sites (tertiary alicyclic amines) is 1. The summed E-state index contributed by atoms with van der Waals surface area (Å²) in [6.45, 7) is 1.93. The number of fused-ring (bicyclic) bond motifs is 1. The molecule has 1 aromatic heterocycles. The fourth-order valence-electron chi connectivity index (χ4n) is 6.06. The molecular weight excluding hydrogens is 523 g/mol. The number of halogens is 3. The van der Waals surface area contributed by atoms with Crippen molar-refractivity contribution in [2.75, 3.05) is 38.2 Å². The maximum absolute atomic E-state index is 15.3. The maximum atomic E-state index is 15.3. The van der Waals surface area contributed by atoms with E-state index < -0.39 is 29.7 Å². The Labute approximate surface area is 233 Å². The first-order valence-corrected chi connectivity index (χ1v) is 14.4. The van der Waals surface area contributed by atoms with Gasteiger partial charge in [-0.05, 0) is 74.8 Å². The molecule has 218 valence electrons. The van der Waals surface area contributed by atoms with Crippen LogP contribution in [0.3, 0.4) is 0 Å². The van der Waals surface area contributed by atoms with Gasteiger partial charge in [0.05, 0.1) is 19.3 Å². The largest absolute Gasteiger partial charge is 0.480 e. The van der Waals surface area contributed by atoms with Crippen molar-refractivity contribution in [2.24, 2.45) is 5.92 Å². The van der Waals surface area contributed by atoms with E-state index in [4.69, 9.17) is 9.47 Å². The first-order valence-electron chi connectivity index (χ1n) is 14.4. The quantitative estimate of drug-likeness (QED) is 0.337. The summed E-state index contributed by atoms with van der Waals surface area (Å²) in [5.74, 6) is -4.71. The average Bonchev–Trinajstić information content (AvgIpc) is 3.64. The fourth-order valence-corrected chi connectivity index (χ4v) is 6.06. The smallest absolute Gasteiger partial charge is 0.325 e. The minimum atomic E-state index is -2.92. The molecule has 4 heterocycles. The van der Waals surface area contributed by atoms with Crippen LogP contribution in [-0.2, 0) is 33.7 Å². The number of carboxylic acid groups (broad SMARTS) is 1. The van der Waals surface area contributed by atoms with E-state index in [1.54, 1.807) is 11.0 Å². The highest BCUT2D eigenvalue weighted by Gasteiger charge is 2.45. The Kier molecular flexibility index (Phi) is 9.27. The molecule has 2 saturated heterocycles. The zero-order valence-electron chi connectivity index (χ0n) is 22.7. The number of pyridine rings is 1. The third kappa shape index (κ3) is 6.78. The topological polar surface area (TPSA) is 83.9 Å². The third-order valence-electron chi connectivity index (χ3n) is 8.36. The van der Waals surface area contributed by atoms with E-state index in [9.17, 15) is 14.3 Å². The van der Waals surface area contributed by atoms with Crippen LogP contribution in [0.4, 0.5) is 19.0 Å². The van der Waals surface area contributed by atoms with Gasteiger partial charge in [0.15, 0.2) is 0 Å². The molecule has 3 aliphatic heterocycles. The number of unbranched alkanes of at least 4 members (excludes halogenated alkanes) is 1. The van der Waals surface area contributed by atoms with Gasteiger partial charge in [-0.1, -0.05) is 18.2 Å². The normalized spacial score (nSPS) is 22.2. The third-order valence-corrected chi connectivity index (χ3v) is 8.36. The molecular formula is C30H38F3N3O4. The monoisotopic (exact) mass is 561 g/mol. The van der Waals surface area contributed by atoms with Gasteiger partial charge in [0.2, 0.25) is 0 Å². The van der Waals surface area contributed by atoms with E-state index >= 15 is 8.78 Å². The molecule has 0 radical (unpaired) electrons. The van der Waals surface area contributed by atoms with Crippen molar-refractivity contribution >= 4 is 11.8 Å². The second-order valence-electron chi connectivity index (χ2n) is 11.1. The number of nitrogens with zero attached hydrogens (tertiary/aromatic N) is 2. The number of aryl methyl sites for hydroxylation is 2. The molecule has 0 unspecified atom stereocenters. The Morgan fingerprint density at radius 1 is 1.25 bits per heavy atom. The number of anilines is 1. The van der Waals surface area contributed by atoms with Crippen molar-refractivity contribution in [2.45, 2.75) is 76.0 Å².